The van der Waals surface area contributed by atoms with Crippen LogP contribution < -0.4 is 15.4 Å². The fraction of sp³-hybridized carbons (Fsp3) is 0.485. The monoisotopic (exact) mass is 694 g/mol. The summed E-state index contributed by atoms with van der Waals surface area (Å²) in [4.78, 5) is 12.0. The van der Waals surface area contributed by atoms with E-state index in [4.69, 9.17) is 10.5 Å². The average Bonchev–Trinajstić information content (AvgIpc) is 3.73. The lowest BCUT2D eigenvalue weighted by atomic mass is 9.88. The number of rotatable bonds is 4. The highest BCUT2D eigenvalue weighted by atomic mass is 32.1. The summed E-state index contributed by atoms with van der Waals surface area (Å²) in [7, 11) is 2.81. The van der Waals surface area contributed by atoms with Crippen LogP contribution in [0.3, 0.4) is 0 Å². The van der Waals surface area contributed by atoms with E-state index in [0.717, 1.165) is 31.2 Å². The number of hydrogen-bond donors (Lipinski definition) is 2. The number of thiophene rings is 1. The molecule has 2 aliphatic heterocycles. The van der Waals surface area contributed by atoms with E-state index in [1.165, 1.54) is 20.0 Å². The first-order valence-corrected chi connectivity index (χ1v) is 16.5. The van der Waals surface area contributed by atoms with E-state index in [2.05, 4.69) is 14.9 Å². The fourth-order valence-corrected chi connectivity index (χ4v) is 7.57. The molecule has 8 nitrogen and oxygen atoms in total. The zero-order valence-corrected chi connectivity index (χ0v) is 27.7. The highest BCUT2D eigenvalue weighted by Crippen LogP contribution is 2.48. The summed E-state index contributed by atoms with van der Waals surface area (Å²) < 4.78 is 91.6. The summed E-state index contributed by atoms with van der Waals surface area (Å²) in [6.07, 6.45) is -2.05. The molecule has 258 valence electrons. The first-order chi connectivity index (χ1) is 22.8. The van der Waals surface area contributed by atoms with Gasteiger partial charge in [-0.2, -0.15) is 28.4 Å². The fourth-order valence-electron chi connectivity index (χ4n) is 6.62. The molecule has 1 saturated carbocycles. The van der Waals surface area contributed by atoms with Crippen molar-refractivity contribution in [2.45, 2.75) is 76.5 Å². The summed E-state index contributed by atoms with van der Waals surface area (Å²) in [5, 5.41) is 18.7. The van der Waals surface area contributed by atoms with Gasteiger partial charge in [0.15, 0.2) is 5.82 Å². The van der Waals surface area contributed by atoms with Crippen molar-refractivity contribution >= 4 is 43.1 Å². The maximum Gasteiger partial charge on any atom is 0.417 e. The van der Waals surface area contributed by atoms with Gasteiger partial charge in [-0.05, 0) is 56.3 Å². The Balaban J connectivity index is 0.000000347. The second kappa shape index (κ2) is 13.9. The number of nitrogens with zero attached hydrogens (tertiary/aromatic N) is 5. The highest BCUT2D eigenvalue weighted by Gasteiger charge is 2.39. The van der Waals surface area contributed by atoms with Crippen molar-refractivity contribution in [3.8, 4) is 23.2 Å². The molecule has 3 aliphatic rings. The summed E-state index contributed by atoms with van der Waals surface area (Å²) >= 11 is 0.690. The van der Waals surface area contributed by atoms with Crippen molar-refractivity contribution in [2.24, 2.45) is 0 Å². The smallest absolute Gasteiger partial charge is 0.417 e. The number of anilines is 2. The summed E-state index contributed by atoms with van der Waals surface area (Å²) in [5.74, 6) is -2.14. The molecule has 0 spiro atoms. The molecule has 2 unspecified atom stereocenters. The molecule has 3 fully saturated rings. The molecule has 15 heteroatoms. The SMILES string of the molecule is CC.COc1nc(N(C)C2CC(O)C2)c2cc(C(F)(F)F)c(-c3ccc(F)c4sc(N)c(C#N)c34)c(F)c2n1.FC1CC2CCCN2C1. The van der Waals surface area contributed by atoms with Crippen molar-refractivity contribution in [3.63, 3.8) is 0 Å². The second-order valence-electron chi connectivity index (χ2n) is 11.8. The molecule has 4 heterocycles. The predicted octanol–water partition coefficient (Wildman–Crippen LogP) is 7.45. The molecule has 0 bridgehead atoms. The molecule has 2 saturated heterocycles. The van der Waals surface area contributed by atoms with Crippen LogP contribution in [0.25, 0.3) is 32.1 Å². The minimum Gasteiger partial charge on any atom is -0.467 e. The van der Waals surface area contributed by atoms with Gasteiger partial charge in [-0.1, -0.05) is 19.9 Å². The standard InChI is InChI=1S/C24H18F5N5O2S.C7H12FN.C2H6/c1-34(9-5-10(35)6-9)22-12-7-14(24(27,28)29)17(18(26)19(12)32-23(33-22)36-2)11-3-4-15(25)20-16(11)13(8-30)21(31)37-20;8-6-4-7-2-1-3-9(7)5-6;1-2/h3-4,7,9-10,35H,5-6,31H2,1-2H3;6-7H,1-5H2;1-2H3. The zero-order chi connectivity index (χ0) is 35.1. The van der Waals surface area contributed by atoms with E-state index < -0.39 is 46.7 Å². The predicted molar refractivity (Wildman–Crippen MR) is 174 cm³/mol. The maximum absolute atomic E-state index is 16.2. The normalized spacial score (nSPS) is 21.9. The molecule has 4 aromatic rings. The van der Waals surface area contributed by atoms with Gasteiger partial charge in [-0.25, -0.2) is 13.2 Å². The molecular formula is C33H36F6N6O2S. The third-order valence-corrected chi connectivity index (χ3v) is 10.0. The van der Waals surface area contributed by atoms with E-state index >= 15 is 4.39 Å². The van der Waals surface area contributed by atoms with Crippen molar-refractivity contribution < 1.29 is 36.2 Å². The number of hydrogen-bond acceptors (Lipinski definition) is 9. The lowest BCUT2D eigenvalue weighted by Gasteiger charge is -2.39. The van der Waals surface area contributed by atoms with Crippen LogP contribution in [-0.2, 0) is 6.18 Å². The largest absolute Gasteiger partial charge is 0.467 e. The topological polar surface area (TPSA) is 112 Å². The Morgan fingerprint density at radius 1 is 1.17 bits per heavy atom. The Hall–Kier alpha value is -3.87. The van der Waals surface area contributed by atoms with E-state index in [-0.39, 0.29) is 49.5 Å². The average molecular weight is 695 g/mol. The first-order valence-electron chi connectivity index (χ1n) is 15.7. The molecule has 2 aromatic carbocycles. The Labute approximate surface area is 277 Å². The lowest BCUT2D eigenvalue weighted by molar-refractivity contribution is -0.137. The molecule has 7 rings (SSSR count). The molecule has 2 atom stereocenters. The Bertz CT molecular complexity index is 1840. The minimum absolute atomic E-state index is 0.00329. The Morgan fingerprint density at radius 3 is 2.48 bits per heavy atom. The first kappa shape index (κ1) is 35.4. The molecule has 0 amide bonds. The van der Waals surface area contributed by atoms with E-state index in [0.29, 0.717) is 36.8 Å². The number of benzene rings is 2. The van der Waals surface area contributed by atoms with E-state index in [1.807, 2.05) is 13.8 Å². The van der Waals surface area contributed by atoms with Crippen LogP contribution in [0, 0.1) is 23.0 Å². The lowest BCUT2D eigenvalue weighted by Crippen LogP contribution is -2.45. The van der Waals surface area contributed by atoms with Gasteiger partial charge in [0.25, 0.3) is 0 Å². The Morgan fingerprint density at radius 2 is 1.88 bits per heavy atom. The van der Waals surface area contributed by atoms with Crippen molar-refractivity contribution in [2.75, 3.05) is 37.9 Å². The van der Waals surface area contributed by atoms with Crippen LogP contribution in [0.2, 0.25) is 0 Å². The number of nitrogen functional groups attached to an aromatic ring is 1. The van der Waals surface area contributed by atoms with Crippen LogP contribution in [0.1, 0.15) is 57.1 Å². The van der Waals surface area contributed by atoms with Gasteiger partial charge in [0, 0.05) is 42.0 Å². The van der Waals surface area contributed by atoms with Gasteiger partial charge < -0.3 is 20.5 Å². The summed E-state index contributed by atoms with van der Waals surface area (Å²) in [5.41, 5.74) is 2.55. The van der Waals surface area contributed by atoms with Gasteiger partial charge >= 0.3 is 12.2 Å². The summed E-state index contributed by atoms with van der Waals surface area (Å²) in [6.45, 7) is 5.86. The van der Waals surface area contributed by atoms with E-state index in [1.54, 1.807) is 18.0 Å². The third-order valence-electron chi connectivity index (χ3n) is 9.01. The number of ether oxygens (including phenoxy) is 1. The number of halogens is 6. The number of fused-ring (bicyclic) bond motifs is 3. The van der Waals surface area contributed by atoms with Crippen molar-refractivity contribution in [1.29, 1.82) is 5.26 Å². The van der Waals surface area contributed by atoms with Crippen molar-refractivity contribution in [1.82, 2.24) is 14.9 Å². The van der Waals surface area contributed by atoms with Crippen LogP contribution in [0.5, 0.6) is 6.01 Å². The summed E-state index contributed by atoms with van der Waals surface area (Å²) in [6, 6.07) is 4.52. The van der Waals surface area contributed by atoms with Crippen LogP contribution in [0.15, 0.2) is 18.2 Å². The van der Waals surface area contributed by atoms with Gasteiger partial charge in [0.1, 0.15) is 34.4 Å². The molecule has 0 radical (unpaired) electrons. The molecule has 1 aliphatic carbocycles. The highest BCUT2D eigenvalue weighted by molar-refractivity contribution is 7.23. The quantitative estimate of drug-likeness (QED) is 0.212. The Kier molecular flexibility index (Phi) is 10.3. The number of aliphatic hydroxyl groups is 1. The van der Waals surface area contributed by atoms with Crippen molar-refractivity contribution in [3.05, 3.63) is 41.0 Å². The van der Waals surface area contributed by atoms with Crippen LogP contribution in [-0.4, -0.2) is 71.6 Å². The number of methoxy groups -OCH3 is 1. The minimum atomic E-state index is -5.04. The maximum atomic E-state index is 16.2. The van der Waals surface area contributed by atoms with Gasteiger partial charge in [-0.15, -0.1) is 11.3 Å². The molecule has 2 aromatic heterocycles. The van der Waals surface area contributed by atoms with Crippen LogP contribution in [0.4, 0.5) is 37.2 Å². The second-order valence-corrected chi connectivity index (χ2v) is 12.9. The number of aromatic nitrogens is 2. The zero-order valence-electron chi connectivity index (χ0n) is 26.8. The molecular weight excluding hydrogens is 658 g/mol. The number of alkyl halides is 4. The number of nitriles is 1. The number of nitrogens with two attached hydrogens (primary N) is 1. The van der Waals surface area contributed by atoms with E-state index in [9.17, 15) is 32.3 Å². The van der Waals surface area contributed by atoms with Gasteiger partial charge in [-0.3, -0.25) is 4.90 Å². The third kappa shape index (κ3) is 6.45. The van der Waals surface area contributed by atoms with Crippen LogP contribution >= 0.6 is 11.3 Å². The molecule has 3 N–H and O–H groups in total. The van der Waals surface area contributed by atoms with Gasteiger partial charge in [0.05, 0.1) is 29.0 Å². The number of aliphatic hydroxyl groups excluding tert-OH is 1. The molecule has 48 heavy (non-hydrogen) atoms. The van der Waals surface area contributed by atoms with Gasteiger partial charge in [0.2, 0.25) is 0 Å².